The molecule has 0 bridgehead atoms. The van der Waals surface area contributed by atoms with Crippen molar-refractivity contribution >= 4 is 11.9 Å². The van der Waals surface area contributed by atoms with E-state index in [1.165, 1.54) is 7.11 Å². The molecule has 0 aliphatic carbocycles. The molecule has 5 heteroatoms. The van der Waals surface area contributed by atoms with Gasteiger partial charge in [0, 0.05) is 0 Å². The van der Waals surface area contributed by atoms with Gasteiger partial charge in [0.2, 0.25) is 5.91 Å². The highest BCUT2D eigenvalue weighted by atomic mass is 16.5. The SMILES string of the molecule is COC(=O)[C@H](C)NC(=O)[C@@H]1COc2ccccc2C1. The fourth-order valence-corrected chi connectivity index (χ4v) is 2.06. The molecule has 1 amide bonds. The van der Waals surface area contributed by atoms with Gasteiger partial charge in [0.25, 0.3) is 0 Å². The van der Waals surface area contributed by atoms with Gasteiger partial charge in [0.05, 0.1) is 13.0 Å². The van der Waals surface area contributed by atoms with Crippen LogP contribution in [0.25, 0.3) is 0 Å². The summed E-state index contributed by atoms with van der Waals surface area (Å²) < 4.78 is 10.1. The summed E-state index contributed by atoms with van der Waals surface area (Å²) in [5.74, 6) is -0.0903. The molecule has 1 heterocycles. The number of hydrogen-bond acceptors (Lipinski definition) is 4. The van der Waals surface area contributed by atoms with E-state index >= 15 is 0 Å². The van der Waals surface area contributed by atoms with Crippen LogP contribution in [0.4, 0.5) is 0 Å². The standard InChI is InChI=1S/C14H17NO4/c1-9(14(17)18-2)15-13(16)11-7-10-5-3-4-6-12(10)19-8-11/h3-6,9,11H,7-8H2,1-2H3,(H,15,16)/t9-,11-/m0/s1. The molecule has 1 aliphatic heterocycles. The first-order chi connectivity index (χ1) is 9.11. The number of carbonyl (C=O) groups excluding carboxylic acids is 2. The molecule has 0 spiro atoms. The Morgan fingerprint density at radius 3 is 2.89 bits per heavy atom. The van der Waals surface area contributed by atoms with Gasteiger partial charge in [-0.25, -0.2) is 4.79 Å². The summed E-state index contributed by atoms with van der Waals surface area (Å²) in [5.41, 5.74) is 1.01. The van der Waals surface area contributed by atoms with Crippen LogP contribution in [-0.4, -0.2) is 31.6 Å². The van der Waals surface area contributed by atoms with E-state index in [4.69, 9.17) is 4.74 Å². The Labute approximate surface area is 111 Å². The smallest absolute Gasteiger partial charge is 0.328 e. The maximum absolute atomic E-state index is 12.0. The highest BCUT2D eigenvalue weighted by Crippen LogP contribution is 2.26. The predicted molar refractivity (Wildman–Crippen MR) is 68.8 cm³/mol. The third-order valence-corrected chi connectivity index (χ3v) is 3.16. The van der Waals surface area contributed by atoms with Gasteiger partial charge in [-0.05, 0) is 25.0 Å². The first kappa shape index (κ1) is 13.4. The maximum atomic E-state index is 12.0. The second kappa shape index (κ2) is 5.73. The molecule has 0 fully saturated rings. The molecule has 0 saturated carbocycles. The lowest BCUT2D eigenvalue weighted by Gasteiger charge is -2.25. The number of ether oxygens (including phenoxy) is 2. The van der Waals surface area contributed by atoms with Crippen LogP contribution in [0.5, 0.6) is 5.75 Å². The molecule has 0 unspecified atom stereocenters. The Morgan fingerprint density at radius 1 is 1.42 bits per heavy atom. The highest BCUT2D eigenvalue weighted by molar-refractivity contribution is 5.85. The van der Waals surface area contributed by atoms with Gasteiger partial charge in [-0.15, -0.1) is 0 Å². The van der Waals surface area contributed by atoms with Crippen molar-refractivity contribution in [2.75, 3.05) is 13.7 Å². The molecule has 1 aromatic rings. The topological polar surface area (TPSA) is 64.6 Å². The lowest BCUT2D eigenvalue weighted by Crippen LogP contribution is -2.45. The first-order valence-corrected chi connectivity index (χ1v) is 6.20. The fraction of sp³-hybridized carbons (Fsp3) is 0.429. The molecule has 102 valence electrons. The molecule has 0 radical (unpaired) electrons. The summed E-state index contributed by atoms with van der Waals surface area (Å²) in [7, 11) is 1.30. The number of methoxy groups -OCH3 is 1. The summed E-state index contributed by atoms with van der Waals surface area (Å²) >= 11 is 0. The lowest BCUT2D eigenvalue weighted by molar-refractivity contribution is -0.145. The van der Waals surface area contributed by atoms with Crippen molar-refractivity contribution in [3.05, 3.63) is 29.8 Å². The minimum atomic E-state index is -0.644. The third kappa shape index (κ3) is 3.05. The average molecular weight is 263 g/mol. The Kier molecular flexibility index (Phi) is 4.04. The number of hydrogen-bond donors (Lipinski definition) is 1. The summed E-state index contributed by atoms with van der Waals surface area (Å²) in [4.78, 5) is 23.3. The minimum absolute atomic E-state index is 0.188. The van der Waals surface area contributed by atoms with Crippen molar-refractivity contribution in [1.82, 2.24) is 5.32 Å². The minimum Gasteiger partial charge on any atom is -0.492 e. The van der Waals surface area contributed by atoms with Gasteiger partial charge in [-0.2, -0.15) is 0 Å². The predicted octanol–water partition coefficient (Wildman–Crippen LogP) is 0.915. The summed E-state index contributed by atoms with van der Waals surface area (Å²) in [5, 5.41) is 2.64. The number of amides is 1. The molecular formula is C14H17NO4. The van der Waals surface area contributed by atoms with Gasteiger partial charge in [-0.3, -0.25) is 4.79 Å². The molecule has 5 nitrogen and oxygen atoms in total. The molecule has 1 aliphatic rings. The Balaban J connectivity index is 1.97. The maximum Gasteiger partial charge on any atom is 0.328 e. The number of nitrogens with one attached hydrogen (secondary N) is 1. The van der Waals surface area contributed by atoms with E-state index in [0.29, 0.717) is 13.0 Å². The van der Waals surface area contributed by atoms with E-state index in [1.54, 1.807) is 6.92 Å². The molecule has 2 atom stereocenters. The quantitative estimate of drug-likeness (QED) is 0.823. The van der Waals surface area contributed by atoms with Crippen molar-refractivity contribution in [1.29, 1.82) is 0 Å². The number of esters is 1. The summed E-state index contributed by atoms with van der Waals surface area (Å²) in [6, 6.07) is 7.01. The van der Waals surface area contributed by atoms with Crippen LogP contribution in [-0.2, 0) is 20.7 Å². The largest absolute Gasteiger partial charge is 0.492 e. The van der Waals surface area contributed by atoms with Crippen molar-refractivity contribution in [2.24, 2.45) is 5.92 Å². The first-order valence-electron chi connectivity index (χ1n) is 6.20. The van der Waals surface area contributed by atoms with E-state index in [0.717, 1.165) is 11.3 Å². The van der Waals surface area contributed by atoms with E-state index in [9.17, 15) is 9.59 Å². The zero-order valence-electron chi connectivity index (χ0n) is 11.0. The van der Waals surface area contributed by atoms with Crippen molar-refractivity contribution in [2.45, 2.75) is 19.4 Å². The summed E-state index contributed by atoms with van der Waals surface area (Å²) in [6.45, 7) is 1.93. The molecule has 1 aromatic carbocycles. The van der Waals surface area contributed by atoms with Gasteiger partial charge in [-0.1, -0.05) is 18.2 Å². The second-order valence-corrected chi connectivity index (χ2v) is 4.57. The Hall–Kier alpha value is -2.04. The molecular weight excluding hydrogens is 246 g/mol. The molecule has 0 saturated heterocycles. The molecule has 1 N–H and O–H groups in total. The number of carbonyl (C=O) groups is 2. The van der Waals surface area contributed by atoms with Crippen LogP contribution in [0.1, 0.15) is 12.5 Å². The van der Waals surface area contributed by atoms with Crippen LogP contribution >= 0.6 is 0 Å². The van der Waals surface area contributed by atoms with Gasteiger partial charge >= 0.3 is 5.97 Å². The van der Waals surface area contributed by atoms with Crippen molar-refractivity contribution in [3.63, 3.8) is 0 Å². The lowest BCUT2D eigenvalue weighted by atomic mass is 9.96. The van der Waals surface area contributed by atoms with Gasteiger partial charge < -0.3 is 14.8 Å². The molecule has 19 heavy (non-hydrogen) atoms. The number of rotatable bonds is 3. The fourth-order valence-electron chi connectivity index (χ4n) is 2.06. The molecule has 2 rings (SSSR count). The second-order valence-electron chi connectivity index (χ2n) is 4.57. The van der Waals surface area contributed by atoms with Gasteiger partial charge in [0.1, 0.15) is 18.4 Å². The zero-order chi connectivity index (χ0) is 13.8. The number of fused-ring (bicyclic) bond motifs is 1. The van der Waals surface area contributed by atoms with E-state index in [-0.39, 0.29) is 11.8 Å². The van der Waals surface area contributed by atoms with E-state index in [2.05, 4.69) is 10.1 Å². The van der Waals surface area contributed by atoms with Crippen LogP contribution in [0.2, 0.25) is 0 Å². The average Bonchev–Trinajstić information content (AvgIpc) is 2.45. The number of para-hydroxylation sites is 1. The normalized spacial score (nSPS) is 18.7. The van der Waals surface area contributed by atoms with Crippen molar-refractivity contribution in [3.8, 4) is 5.75 Å². The van der Waals surface area contributed by atoms with Crippen molar-refractivity contribution < 1.29 is 19.1 Å². The van der Waals surface area contributed by atoms with Crippen LogP contribution in [0.3, 0.4) is 0 Å². The summed E-state index contributed by atoms with van der Waals surface area (Å²) in [6.07, 6.45) is 0.621. The van der Waals surface area contributed by atoms with Crippen LogP contribution < -0.4 is 10.1 Å². The number of benzene rings is 1. The monoisotopic (exact) mass is 263 g/mol. The van der Waals surface area contributed by atoms with E-state index in [1.807, 2.05) is 24.3 Å². The zero-order valence-corrected chi connectivity index (χ0v) is 11.0. The van der Waals surface area contributed by atoms with Crippen LogP contribution in [0.15, 0.2) is 24.3 Å². The van der Waals surface area contributed by atoms with Crippen LogP contribution in [0, 0.1) is 5.92 Å². The Morgan fingerprint density at radius 2 is 2.16 bits per heavy atom. The Bertz CT molecular complexity index is 486. The van der Waals surface area contributed by atoms with E-state index < -0.39 is 12.0 Å². The molecule has 0 aromatic heterocycles. The van der Waals surface area contributed by atoms with Gasteiger partial charge in [0.15, 0.2) is 0 Å². The third-order valence-electron chi connectivity index (χ3n) is 3.16. The highest BCUT2D eigenvalue weighted by Gasteiger charge is 2.27.